The highest BCUT2D eigenvalue weighted by Crippen LogP contribution is 2.29. The van der Waals surface area contributed by atoms with Crippen molar-refractivity contribution in [1.29, 1.82) is 0 Å². The van der Waals surface area contributed by atoms with Crippen LogP contribution in [0.1, 0.15) is 29.1 Å². The van der Waals surface area contributed by atoms with E-state index in [1.807, 2.05) is 0 Å². The molecule has 1 aromatic rings. The van der Waals surface area contributed by atoms with Gasteiger partial charge in [-0.15, -0.1) is 0 Å². The summed E-state index contributed by atoms with van der Waals surface area (Å²) in [5.74, 6) is -1.95. The van der Waals surface area contributed by atoms with Gasteiger partial charge < -0.3 is 25.8 Å². The van der Waals surface area contributed by atoms with Gasteiger partial charge in [-0.1, -0.05) is 18.3 Å². The first-order valence-corrected chi connectivity index (χ1v) is 13.1. The van der Waals surface area contributed by atoms with E-state index in [1.165, 1.54) is 11.0 Å². The fourth-order valence-corrected chi connectivity index (χ4v) is 6.86. The summed E-state index contributed by atoms with van der Waals surface area (Å²) >= 11 is 0. The Bertz CT molecular complexity index is 838. The standard InChI is InChI=1S/C18H27N5O5Si/c1-10-6-14(28-22-10)18(27)23-9-29(2,3)8-13(23)17(26)21-12(15(19)24)7-11-4-5-20-16(11)25/h6,11-13H,4-5,7-9H2,1-3H3,(H2,19,24)(H,20,25)(H,21,26)/t11-,12-,13-/m0/s1. The van der Waals surface area contributed by atoms with Gasteiger partial charge >= 0.3 is 0 Å². The van der Waals surface area contributed by atoms with E-state index in [0.717, 1.165) is 0 Å². The summed E-state index contributed by atoms with van der Waals surface area (Å²) in [4.78, 5) is 51.1. The van der Waals surface area contributed by atoms with Gasteiger partial charge in [0.05, 0.1) is 13.8 Å². The van der Waals surface area contributed by atoms with Gasteiger partial charge in [0, 0.05) is 24.7 Å². The summed E-state index contributed by atoms with van der Waals surface area (Å²) in [6, 6.07) is 0.419. The van der Waals surface area contributed by atoms with Gasteiger partial charge in [0.15, 0.2) is 0 Å². The Hall–Kier alpha value is -2.69. The van der Waals surface area contributed by atoms with Crippen LogP contribution in [0.5, 0.6) is 0 Å². The van der Waals surface area contributed by atoms with Crippen LogP contribution in [0, 0.1) is 12.8 Å². The number of nitrogens with one attached hydrogen (secondary N) is 2. The van der Waals surface area contributed by atoms with Crippen molar-refractivity contribution in [3.63, 3.8) is 0 Å². The third kappa shape index (κ3) is 4.66. The van der Waals surface area contributed by atoms with Crippen molar-refractivity contribution in [2.75, 3.05) is 12.7 Å². The maximum absolute atomic E-state index is 13.0. The molecule has 158 valence electrons. The average Bonchev–Trinajstić information content (AvgIpc) is 3.32. The van der Waals surface area contributed by atoms with Crippen molar-refractivity contribution in [3.05, 3.63) is 17.5 Å². The summed E-state index contributed by atoms with van der Waals surface area (Å²) in [6.07, 6.45) is 1.24. The monoisotopic (exact) mass is 421 g/mol. The minimum absolute atomic E-state index is 0.0843. The molecule has 2 aliphatic heterocycles. The lowest BCUT2D eigenvalue weighted by atomic mass is 9.97. The molecule has 1 aromatic heterocycles. The van der Waals surface area contributed by atoms with Crippen molar-refractivity contribution in [2.24, 2.45) is 11.7 Å². The zero-order valence-electron chi connectivity index (χ0n) is 16.9. The Morgan fingerprint density at radius 2 is 2.17 bits per heavy atom. The lowest BCUT2D eigenvalue weighted by Crippen LogP contribution is -2.52. The van der Waals surface area contributed by atoms with Crippen LogP contribution < -0.4 is 16.4 Å². The third-order valence-electron chi connectivity index (χ3n) is 5.47. The van der Waals surface area contributed by atoms with E-state index in [9.17, 15) is 19.2 Å². The Labute approximate surface area is 169 Å². The van der Waals surface area contributed by atoms with Gasteiger partial charge in [0.2, 0.25) is 23.5 Å². The number of carbonyl (C=O) groups is 4. The number of amides is 4. The van der Waals surface area contributed by atoms with Crippen molar-refractivity contribution >= 4 is 31.7 Å². The molecular formula is C18H27N5O5Si. The molecule has 3 heterocycles. The van der Waals surface area contributed by atoms with E-state index in [4.69, 9.17) is 10.3 Å². The summed E-state index contributed by atoms with van der Waals surface area (Å²) in [5.41, 5.74) is 6.05. The van der Waals surface area contributed by atoms with Gasteiger partial charge in [0.25, 0.3) is 5.91 Å². The topological polar surface area (TPSA) is 148 Å². The maximum atomic E-state index is 13.0. The van der Waals surface area contributed by atoms with Crippen LogP contribution in [-0.2, 0) is 14.4 Å². The fourth-order valence-electron chi connectivity index (χ4n) is 3.99. The number of aryl methyl sites for hydroxylation is 1. The fraction of sp³-hybridized carbons (Fsp3) is 0.611. The predicted molar refractivity (Wildman–Crippen MR) is 105 cm³/mol. The first kappa shape index (κ1) is 21.0. The normalized spacial score (nSPS) is 24.2. The minimum Gasteiger partial charge on any atom is -0.368 e. The molecule has 0 saturated carbocycles. The van der Waals surface area contributed by atoms with E-state index in [1.54, 1.807) is 6.92 Å². The van der Waals surface area contributed by atoms with Crippen LogP contribution >= 0.6 is 0 Å². The second-order valence-corrected chi connectivity index (χ2v) is 13.7. The van der Waals surface area contributed by atoms with E-state index in [2.05, 4.69) is 28.9 Å². The third-order valence-corrected chi connectivity index (χ3v) is 8.15. The number of nitrogens with zero attached hydrogens (tertiary/aromatic N) is 2. The average molecular weight is 422 g/mol. The number of primary amides is 1. The maximum Gasteiger partial charge on any atom is 0.292 e. The zero-order valence-corrected chi connectivity index (χ0v) is 17.9. The Morgan fingerprint density at radius 1 is 1.45 bits per heavy atom. The van der Waals surface area contributed by atoms with Crippen molar-refractivity contribution in [3.8, 4) is 0 Å². The number of aromatic nitrogens is 1. The predicted octanol–water partition coefficient (Wildman–Crippen LogP) is -0.449. The molecule has 0 aromatic carbocycles. The quantitative estimate of drug-likeness (QED) is 0.530. The first-order chi connectivity index (χ1) is 13.6. The summed E-state index contributed by atoms with van der Waals surface area (Å²) in [6.45, 7) is 6.45. The SMILES string of the molecule is Cc1cc(C(=O)N2C[Si](C)(C)C[C@H]2C(=O)N[C@@H](C[C@@H]2CCNC2=O)C(N)=O)on1. The molecule has 0 spiro atoms. The van der Waals surface area contributed by atoms with Crippen LogP contribution in [0.4, 0.5) is 0 Å². The molecule has 10 nitrogen and oxygen atoms in total. The second kappa shape index (κ2) is 7.97. The Morgan fingerprint density at radius 3 is 2.72 bits per heavy atom. The van der Waals surface area contributed by atoms with Crippen LogP contribution in [0.15, 0.2) is 10.6 Å². The van der Waals surface area contributed by atoms with E-state index >= 15 is 0 Å². The summed E-state index contributed by atoms with van der Waals surface area (Å²) in [5, 5.41) is 9.12. The van der Waals surface area contributed by atoms with Crippen molar-refractivity contribution < 1.29 is 23.7 Å². The van der Waals surface area contributed by atoms with Crippen molar-refractivity contribution in [2.45, 2.75) is 51.0 Å². The molecule has 0 aliphatic carbocycles. The number of carbonyl (C=O) groups excluding carboxylic acids is 4. The van der Waals surface area contributed by atoms with Crippen molar-refractivity contribution in [1.82, 2.24) is 20.7 Å². The molecule has 0 radical (unpaired) electrons. The zero-order chi connectivity index (χ0) is 21.3. The molecule has 2 fully saturated rings. The molecular weight excluding hydrogens is 394 g/mol. The number of rotatable bonds is 6. The van der Waals surface area contributed by atoms with Crippen LogP contribution in [0.25, 0.3) is 0 Å². The number of hydrogen-bond acceptors (Lipinski definition) is 6. The molecule has 2 aliphatic rings. The van der Waals surface area contributed by atoms with Gasteiger partial charge in [-0.05, 0) is 25.8 Å². The first-order valence-electron chi connectivity index (χ1n) is 9.69. The van der Waals surface area contributed by atoms with Crippen LogP contribution in [0.3, 0.4) is 0 Å². The van der Waals surface area contributed by atoms with Gasteiger partial charge in [-0.25, -0.2) is 0 Å². The van der Waals surface area contributed by atoms with Gasteiger partial charge in [-0.3, -0.25) is 19.2 Å². The van der Waals surface area contributed by atoms with Gasteiger partial charge in [-0.2, -0.15) is 0 Å². The molecule has 4 N–H and O–H groups in total. The van der Waals surface area contributed by atoms with E-state index in [-0.39, 0.29) is 24.0 Å². The lowest BCUT2D eigenvalue weighted by Gasteiger charge is -2.25. The number of nitrogens with two attached hydrogens (primary N) is 1. The Kier molecular flexibility index (Phi) is 5.78. The highest BCUT2D eigenvalue weighted by atomic mass is 28.3. The van der Waals surface area contributed by atoms with Crippen LogP contribution in [-0.4, -0.2) is 66.6 Å². The van der Waals surface area contributed by atoms with Crippen LogP contribution in [0.2, 0.25) is 19.1 Å². The highest BCUT2D eigenvalue weighted by molar-refractivity contribution is 6.79. The van der Waals surface area contributed by atoms with Gasteiger partial charge in [0.1, 0.15) is 12.1 Å². The molecule has 2 saturated heterocycles. The molecule has 4 amide bonds. The summed E-state index contributed by atoms with van der Waals surface area (Å²) in [7, 11) is -1.84. The van der Waals surface area contributed by atoms with E-state index < -0.39 is 37.9 Å². The lowest BCUT2D eigenvalue weighted by molar-refractivity contribution is -0.130. The minimum atomic E-state index is -1.84. The number of hydrogen-bond donors (Lipinski definition) is 3. The molecule has 11 heteroatoms. The van der Waals surface area contributed by atoms with E-state index in [0.29, 0.717) is 30.9 Å². The molecule has 3 rings (SSSR count). The molecule has 29 heavy (non-hydrogen) atoms. The molecule has 3 atom stereocenters. The molecule has 0 unspecified atom stereocenters. The Balaban J connectivity index is 1.74. The summed E-state index contributed by atoms with van der Waals surface area (Å²) < 4.78 is 5.08. The highest BCUT2D eigenvalue weighted by Gasteiger charge is 2.46. The largest absolute Gasteiger partial charge is 0.368 e. The molecule has 0 bridgehead atoms. The smallest absolute Gasteiger partial charge is 0.292 e. The second-order valence-electron chi connectivity index (χ2n) is 8.63.